The van der Waals surface area contributed by atoms with Crippen LogP contribution in [0.2, 0.25) is 0 Å². The standard InChI is InChI=1S/C16H26O4/c17-14(18)11-16(15(19)20,12-7-3-1-4-8-12)13-9-5-2-6-10-13/h12-13H,1-11H2,(H,17,18)(H,19,20)/p-2. The lowest BCUT2D eigenvalue weighted by atomic mass is 9.57. The summed E-state index contributed by atoms with van der Waals surface area (Å²) >= 11 is 0. The Morgan fingerprint density at radius 1 is 0.800 bits per heavy atom. The zero-order chi connectivity index (χ0) is 14.6. The van der Waals surface area contributed by atoms with Crippen LogP contribution in [0, 0.1) is 17.3 Å². The Kier molecular flexibility index (Phi) is 5.06. The molecule has 0 aromatic heterocycles. The maximum Gasteiger partial charge on any atom is 0.0485 e. The van der Waals surface area contributed by atoms with Crippen molar-refractivity contribution in [1.82, 2.24) is 0 Å². The number of hydrogen-bond acceptors (Lipinski definition) is 4. The van der Waals surface area contributed by atoms with E-state index < -0.39 is 17.4 Å². The number of rotatable bonds is 5. The summed E-state index contributed by atoms with van der Waals surface area (Å²) in [5, 5.41) is 23.2. The molecule has 2 aliphatic rings. The maximum atomic E-state index is 12.0. The van der Waals surface area contributed by atoms with Gasteiger partial charge in [0.15, 0.2) is 0 Å². The molecule has 0 N–H and O–H groups in total. The molecule has 0 unspecified atom stereocenters. The zero-order valence-electron chi connectivity index (χ0n) is 12.1. The van der Waals surface area contributed by atoms with E-state index >= 15 is 0 Å². The second-order valence-electron chi connectivity index (χ2n) is 6.55. The molecule has 2 fully saturated rings. The van der Waals surface area contributed by atoms with Crippen LogP contribution in [0.3, 0.4) is 0 Å². The van der Waals surface area contributed by atoms with Crippen molar-refractivity contribution in [3.63, 3.8) is 0 Å². The van der Waals surface area contributed by atoms with Gasteiger partial charge in [0.05, 0.1) is 0 Å². The van der Waals surface area contributed by atoms with Crippen LogP contribution in [0.1, 0.15) is 70.6 Å². The largest absolute Gasteiger partial charge is 0.550 e. The lowest BCUT2D eigenvalue weighted by Gasteiger charge is -2.50. The van der Waals surface area contributed by atoms with E-state index in [1.165, 1.54) is 0 Å². The average molecular weight is 280 g/mol. The Hall–Kier alpha value is -1.06. The minimum atomic E-state index is -1.25. The summed E-state index contributed by atoms with van der Waals surface area (Å²) < 4.78 is 0. The molecule has 4 heteroatoms. The second kappa shape index (κ2) is 6.59. The van der Waals surface area contributed by atoms with E-state index in [0.29, 0.717) is 0 Å². The van der Waals surface area contributed by atoms with E-state index in [4.69, 9.17) is 0 Å². The van der Waals surface area contributed by atoms with Crippen molar-refractivity contribution in [3.05, 3.63) is 0 Å². The molecule has 2 rings (SSSR count). The fourth-order valence-electron chi connectivity index (χ4n) is 4.50. The van der Waals surface area contributed by atoms with E-state index in [9.17, 15) is 19.8 Å². The van der Waals surface area contributed by atoms with Crippen LogP contribution in [0.4, 0.5) is 0 Å². The number of carboxylic acids is 2. The van der Waals surface area contributed by atoms with Crippen LogP contribution < -0.4 is 10.2 Å². The molecule has 0 bridgehead atoms. The van der Waals surface area contributed by atoms with Crippen LogP contribution in [0.15, 0.2) is 0 Å². The summed E-state index contributed by atoms with van der Waals surface area (Å²) in [5.41, 5.74) is -1.19. The number of carbonyl (C=O) groups is 2. The first-order valence-corrected chi connectivity index (χ1v) is 7.98. The monoisotopic (exact) mass is 280 g/mol. The van der Waals surface area contributed by atoms with Crippen LogP contribution >= 0.6 is 0 Å². The van der Waals surface area contributed by atoms with Crippen molar-refractivity contribution in [2.75, 3.05) is 0 Å². The smallest absolute Gasteiger partial charge is 0.0485 e. The fourth-order valence-corrected chi connectivity index (χ4v) is 4.50. The van der Waals surface area contributed by atoms with Crippen LogP contribution in [0.25, 0.3) is 0 Å². The molecule has 4 nitrogen and oxygen atoms in total. The third kappa shape index (κ3) is 2.99. The van der Waals surface area contributed by atoms with E-state index in [1.54, 1.807) is 0 Å². The number of aliphatic carboxylic acids is 2. The van der Waals surface area contributed by atoms with Gasteiger partial charge in [0.1, 0.15) is 0 Å². The Bertz CT molecular complexity index is 333. The Balaban J connectivity index is 2.31. The first kappa shape index (κ1) is 15.3. The van der Waals surface area contributed by atoms with Gasteiger partial charge in [0, 0.05) is 17.4 Å². The molecular weight excluding hydrogens is 256 g/mol. The van der Waals surface area contributed by atoms with Crippen molar-refractivity contribution in [3.8, 4) is 0 Å². The maximum absolute atomic E-state index is 12.0. The number of carbonyl (C=O) groups excluding carboxylic acids is 2. The lowest BCUT2D eigenvalue weighted by Crippen LogP contribution is -2.55. The molecule has 0 heterocycles. The third-order valence-corrected chi connectivity index (χ3v) is 5.48. The normalized spacial score (nSPS) is 22.6. The molecule has 0 atom stereocenters. The molecule has 0 aliphatic heterocycles. The molecule has 0 aromatic rings. The van der Waals surface area contributed by atoms with Gasteiger partial charge >= 0.3 is 0 Å². The van der Waals surface area contributed by atoms with Crippen molar-refractivity contribution in [1.29, 1.82) is 0 Å². The van der Waals surface area contributed by atoms with Crippen molar-refractivity contribution in [2.24, 2.45) is 17.3 Å². The van der Waals surface area contributed by atoms with Crippen molar-refractivity contribution in [2.45, 2.75) is 70.6 Å². The molecule has 0 amide bonds. The second-order valence-corrected chi connectivity index (χ2v) is 6.55. The highest BCUT2D eigenvalue weighted by atomic mass is 16.4. The van der Waals surface area contributed by atoms with Crippen molar-refractivity contribution >= 4 is 11.9 Å². The molecule has 20 heavy (non-hydrogen) atoms. The van der Waals surface area contributed by atoms with E-state index in [-0.39, 0.29) is 18.3 Å². The predicted octanol–water partition coefficient (Wildman–Crippen LogP) is 1.02. The minimum absolute atomic E-state index is 0.0535. The van der Waals surface area contributed by atoms with Gasteiger partial charge in [0.25, 0.3) is 0 Å². The zero-order valence-corrected chi connectivity index (χ0v) is 12.1. The molecule has 0 radical (unpaired) electrons. The van der Waals surface area contributed by atoms with Gasteiger partial charge in [-0.1, -0.05) is 38.5 Å². The van der Waals surface area contributed by atoms with Crippen LogP contribution in [-0.4, -0.2) is 11.9 Å². The molecule has 2 aliphatic carbocycles. The molecule has 2 saturated carbocycles. The quantitative estimate of drug-likeness (QED) is 0.753. The third-order valence-electron chi connectivity index (χ3n) is 5.48. The molecule has 114 valence electrons. The highest BCUT2D eigenvalue weighted by Crippen LogP contribution is 2.50. The summed E-state index contributed by atoms with van der Waals surface area (Å²) in [6, 6.07) is 0. The highest BCUT2D eigenvalue weighted by Gasteiger charge is 2.46. The Morgan fingerprint density at radius 2 is 1.20 bits per heavy atom. The Morgan fingerprint density at radius 3 is 1.50 bits per heavy atom. The topological polar surface area (TPSA) is 80.3 Å². The van der Waals surface area contributed by atoms with Crippen molar-refractivity contribution < 1.29 is 19.8 Å². The van der Waals surface area contributed by atoms with Gasteiger partial charge in [-0.3, -0.25) is 0 Å². The van der Waals surface area contributed by atoms with Gasteiger partial charge in [-0.15, -0.1) is 0 Å². The molecule has 0 aromatic carbocycles. The minimum Gasteiger partial charge on any atom is -0.550 e. The number of carboxylic acid groups (broad SMARTS) is 2. The number of hydrogen-bond donors (Lipinski definition) is 0. The SMILES string of the molecule is O=C([O-])CC(C(=O)[O-])(C1CCCCC1)C1CCCCC1. The first-order valence-electron chi connectivity index (χ1n) is 7.98. The fraction of sp³-hybridized carbons (Fsp3) is 0.875. The summed E-state index contributed by atoms with van der Waals surface area (Å²) in [7, 11) is 0. The first-order chi connectivity index (χ1) is 9.57. The summed E-state index contributed by atoms with van der Waals surface area (Å²) in [6.45, 7) is 0. The average Bonchev–Trinajstić information content (AvgIpc) is 2.46. The summed E-state index contributed by atoms with van der Waals surface area (Å²) in [6.07, 6.45) is 9.14. The van der Waals surface area contributed by atoms with E-state index in [2.05, 4.69) is 0 Å². The van der Waals surface area contributed by atoms with Gasteiger partial charge < -0.3 is 19.8 Å². The summed E-state index contributed by atoms with van der Waals surface area (Å²) in [5.74, 6) is -2.50. The predicted molar refractivity (Wildman–Crippen MR) is 70.2 cm³/mol. The molecule has 0 saturated heterocycles. The van der Waals surface area contributed by atoms with E-state index in [0.717, 1.165) is 64.2 Å². The molecular formula is C16H24O4-2. The molecule has 0 spiro atoms. The van der Waals surface area contributed by atoms with Crippen LogP contribution in [-0.2, 0) is 9.59 Å². The summed E-state index contributed by atoms with van der Waals surface area (Å²) in [4.78, 5) is 23.2. The highest BCUT2D eigenvalue weighted by molar-refractivity contribution is 5.80. The van der Waals surface area contributed by atoms with Crippen LogP contribution in [0.5, 0.6) is 0 Å². The van der Waals surface area contributed by atoms with Gasteiger partial charge in [-0.2, -0.15) is 0 Å². The van der Waals surface area contributed by atoms with E-state index in [1.807, 2.05) is 0 Å². The Labute approximate surface area is 120 Å². The van der Waals surface area contributed by atoms with Gasteiger partial charge in [-0.05, 0) is 43.9 Å². The van der Waals surface area contributed by atoms with Gasteiger partial charge in [0.2, 0.25) is 0 Å². The lowest BCUT2D eigenvalue weighted by molar-refractivity contribution is -0.336. The van der Waals surface area contributed by atoms with Gasteiger partial charge in [-0.25, -0.2) is 0 Å².